The van der Waals surface area contributed by atoms with Crippen LogP contribution in [-0.2, 0) is 19.1 Å². The first-order valence-electron chi connectivity index (χ1n) is 10.5. The molecule has 5 nitrogen and oxygen atoms in total. The number of halogens is 2. The summed E-state index contributed by atoms with van der Waals surface area (Å²) in [5, 5.41) is 12.0. The molecule has 0 radical (unpaired) electrons. The summed E-state index contributed by atoms with van der Waals surface area (Å²) in [5.74, 6) is -3.22. The second kappa shape index (κ2) is 5.46. The molecule has 5 fully saturated rings. The number of aliphatic hydroxyl groups is 1. The maximum atomic E-state index is 15.6. The predicted octanol–water partition coefficient (Wildman–Crippen LogP) is 3.08. The highest BCUT2D eigenvalue weighted by molar-refractivity contribution is 5.82. The fraction of sp³-hybridized carbons (Fsp3) is 0.905. The van der Waals surface area contributed by atoms with E-state index in [0.717, 1.165) is 0 Å². The molecule has 7 heteroatoms. The number of ether oxygens (including phenoxy) is 2. The Labute approximate surface area is 163 Å². The van der Waals surface area contributed by atoms with Gasteiger partial charge in [-0.15, -0.1) is 0 Å². The van der Waals surface area contributed by atoms with Crippen molar-refractivity contribution in [3.05, 3.63) is 0 Å². The Hall–Kier alpha value is -1.24. The van der Waals surface area contributed by atoms with Crippen molar-refractivity contribution in [3.63, 3.8) is 0 Å². The second-order valence-corrected chi connectivity index (χ2v) is 10.3. The molecule has 9 atom stereocenters. The van der Waals surface area contributed by atoms with E-state index in [9.17, 15) is 19.1 Å². The lowest BCUT2D eigenvalue weighted by Gasteiger charge is -2.49. The van der Waals surface area contributed by atoms with E-state index in [4.69, 9.17) is 9.47 Å². The van der Waals surface area contributed by atoms with E-state index >= 15 is 4.39 Å². The van der Waals surface area contributed by atoms with E-state index in [2.05, 4.69) is 0 Å². The molecule has 5 rings (SSSR count). The van der Waals surface area contributed by atoms with Gasteiger partial charge in [-0.1, -0.05) is 6.92 Å². The Morgan fingerprint density at radius 1 is 1.21 bits per heavy atom. The number of fused-ring (bicyclic) bond motifs is 2. The summed E-state index contributed by atoms with van der Waals surface area (Å²) in [4.78, 5) is 25.0. The van der Waals surface area contributed by atoms with Gasteiger partial charge in [0, 0.05) is 11.8 Å². The molecule has 0 aromatic carbocycles. The zero-order valence-corrected chi connectivity index (χ0v) is 16.4. The van der Waals surface area contributed by atoms with Crippen LogP contribution < -0.4 is 0 Å². The number of cyclic esters (lactones) is 2. The molecule has 0 amide bonds. The van der Waals surface area contributed by atoms with Crippen LogP contribution in [0.4, 0.5) is 8.78 Å². The standard InChI is InChI=1S/C21H28F2O5/c1-11-8-19-10-20(11,23)7-4-13(19)21(26)6-3-5-18(2)14(21)12(19)9-27-16(24)15(22)28-17(18)25/h11-15,26H,3-10H2,1-2H3/t11-,12+,13?,14?,15?,18-,19-,20+,21-/m1/s1. The van der Waals surface area contributed by atoms with Crippen molar-refractivity contribution in [2.45, 2.75) is 76.4 Å². The van der Waals surface area contributed by atoms with Crippen LogP contribution in [-0.4, -0.2) is 41.3 Å². The van der Waals surface area contributed by atoms with Gasteiger partial charge in [-0.2, -0.15) is 4.39 Å². The van der Waals surface area contributed by atoms with Gasteiger partial charge in [0.05, 0.1) is 17.6 Å². The van der Waals surface area contributed by atoms with Crippen LogP contribution in [0.3, 0.4) is 0 Å². The molecule has 2 bridgehead atoms. The maximum absolute atomic E-state index is 15.6. The third kappa shape index (κ3) is 2.04. The number of hydrogen-bond acceptors (Lipinski definition) is 5. The summed E-state index contributed by atoms with van der Waals surface area (Å²) in [7, 11) is 0. The van der Waals surface area contributed by atoms with Crippen molar-refractivity contribution in [1.29, 1.82) is 0 Å². The van der Waals surface area contributed by atoms with Crippen LogP contribution in [0.25, 0.3) is 0 Å². The number of esters is 2. The largest absolute Gasteiger partial charge is 0.461 e. The summed E-state index contributed by atoms with van der Waals surface area (Å²) in [6.45, 7) is 3.53. The molecular weight excluding hydrogens is 370 g/mol. The van der Waals surface area contributed by atoms with Crippen LogP contribution >= 0.6 is 0 Å². The van der Waals surface area contributed by atoms with Crippen LogP contribution in [0.1, 0.15) is 58.8 Å². The van der Waals surface area contributed by atoms with Crippen molar-refractivity contribution in [3.8, 4) is 0 Å². The van der Waals surface area contributed by atoms with Crippen molar-refractivity contribution < 1.29 is 33.0 Å². The van der Waals surface area contributed by atoms with Crippen LogP contribution in [0.15, 0.2) is 0 Å². The van der Waals surface area contributed by atoms with Crippen molar-refractivity contribution in [2.24, 2.45) is 34.5 Å². The Morgan fingerprint density at radius 3 is 2.71 bits per heavy atom. The third-order valence-corrected chi connectivity index (χ3v) is 9.24. The molecule has 28 heavy (non-hydrogen) atoms. The lowest BCUT2D eigenvalue weighted by Crippen LogP contribution is -2.55. The molecule has 156 valence electrons. The molecule has 1 aliphatic heterocycles. The molecule has 4 aliphatic carbocycles. The number of rotatable bonds is 0. The van der Waals surface area contributed by atoms with Gasteiger partial charge in [0.2, 0.25) is 0 Å². The first-order chi connectivity index (χ1) is 13.1. The summed E-state index contributed by atoms with van der Waals surface area (Å²) < 4.78 is 39.8. The average molecular weight is 398 g/mol. The van der Waals surface area contributed by atoms with Crippen molar-refractivity contribution in [2.75, 3.05) is 6.61 Å². The van der Waals surface area contributed by atoms with E-state index in [1.807, 2.05) is 6.92 Å². The highest BCUT2D eigenvalue weighted by Gasteiger charge is 2.77. The van der Waals surface area contributed by atoms with E-state index in [1.54, 1.807) is 6.92 Å². The first kappa shape index (κ1) is 18.8. The molecule has 3 unspecified atom stereocenters. The van der Waals surface area contributed by atoms with Gasteiger partial charge in [0.15, 0.2) is 0 Å². The number of hydrogen-bond donors (Lipinski definition) is 1. The number of carbonyl (C=O) groups excluding carboxylic acids is 2. The van der Waals surface area contributed by atoms with E-state index in [0.29, 0.717) is 44.9 Å². The predicted molar refractivity (Wildman–Crippen MR) is 93.2 cm³/mol. The Balaban J connectivity index is 1.68. The smallest absolute Gasteiger partial charge is 0.381 e. The zero-order valence-electron chi connectivity index (χ0n) is 16.4. The van der Waals surface area contributed by atoms with Gasteiger partial charge in [0.1, 0.15) is 5.67 Å². The lowest BCUT2D eigenvalue weighted by molar-refractivity contribution is -0.194. The monoisotopic (exact) mass is 398 g/mol. The molecule has 0 aromatic rings. The van der Waals surface area contributed by atoms with Crippen LogP contribution in [0.2, 0.25) is 0 Å². The van der Waals surface area contributed by atoms with Crippen LogP contribution in [0, 0.1) is 34.5 Å². The molecule has 5 aliphatic rings. The maximum Gasteiger partial charge on any atom is 0.381 e. The topological polar surface area (TPSA) is 72.8 Å². The average Bonchev–Trinajstić information content (AvgIpc) is 2.96. The molecule has 1 heterocycles. The number of carbonyl (C=O) groups is 2. The fourth-order valence-corrected chi connectivity index (χ4v) is 8.23. The van der Waals surface area contributed by atoms with Crippen LogP contribution in [0.5, 0.6) is 0 Å². The SMILES string of the molecule is C[C@@H]1C[C@]23C[C@@]1(F)CCC2[C@]1(O)CCC[C@@]2(C)C(=O)OC(F)C(=O)OC[C@H]3C12. The first-order valence-corrected chi connectivity index (χ1v) is 10.5. The minimum atomic E-state index is -2.46. The summed E-state index contributed by atoms with van der Waals surface area (Å²) in [6, 6.07) is 0. The second-order valence-electron chi connectivity index (χ2n) is 10.3. The van der Waals surface area contributed by atoms with Gasteiger partial charge < -0.3 is 14.6 Å². The highest BCUT2D eigenvalue weighted by atomic mass is 19.1. The zero-order chi connectivity index (χ0) is 20.1. The molecular formula is C21H28F2O5. The fourth-order valence-electron chi connectivity index (χ4n) is 8.23. The lowest BCUT2D eigenvalue weighted by atomic mass is 9.58. The van der Waals surface area contributed by atoms with Gasteiger partial charge >= 0.3 is 18.3 Å². The van der Waals surface area contributed by atoms with Gasteiger partial charge in [-0.3, -0.25) is 4.79 Å². The van der Waals surface area contributed by atoms with E-state index < -0.39 is 46.3 Å². The van der Waals surface area contributed by atoms with Crippen molar-refractivity contribution >= 4 is 11.9 Å². The molecule has 4 saturated carbocycles. The molecule has 1 N–H and O–H groups in total. The Kier molecular flexibility index (Phi) is 3.66. The van der Waals surface area contributed by atoms with Gasteiger partial charge in [-0.25, -0.2) is 9.18 Å². The molecule has 1 spiro atoms. The Morgan fingerprint density at radius 2 is 1.96 bits per heavy atom. The minimum absolute atomic E-state index is 0.0994. The number of alkyl halides is 2. The van der Waals surface area contributed by atoms with Gasteiger partial charge in [-0.05, 0) is 69.1 Å². The normalized spacial score (nSPS) is 58.0. The van der Waals surface area contributed by atoms with E-state index in [1.165, 1.54) is 0 Å². The quantitative estimate of drug-likeness (QED) is 0.635. The minimum Gasteiger partial charge on any atom is -0.461 e. The summed E-state index contributed by atoms with van der Waals surface area (Å²) in [5.41, 5.74) is -4.09. The highest BCUT2D eigenvalue weighted by Crippen LogP contribution is 2.76. The molecule has 1 saturated heterocycles. The summed E-state index contributed by atoms with van der Waals surface area (Å²) >= 11 is 0. The van der Waals surface area contributed by atoms with Gasteiger partial charge in [0.25, 0.3) is 0 Å². The van der Waals surface area contributed by atoms with Crippen molar-refractivity contribution in [1.82, 2.24) is 0 Å². The third-order valence-electron chi connectivity index (χ3n) is 9.24. The molecule has 0 aromatic heterocycles. The summed E-state index contributed by atoms with van der Waals surface area (Å²) in [6.07, 6.45) is 1.03. The van der Waals surface area contributed by atoms with E-state index in [-0.39, 0.29) is 24.4 Å². The Bertz CT molecular complexity index is 744.